The second kappa shape index (κ2) is 6.06. The lowest BCUT2D eigenvalue weighted by Crippen LogP contribution is -2.46. The first-order valence-electron chi connectivity index (χ1n) is 8.52. The maximum Gasteiger partial charge on any atom is 0.137 e. The lowest BCUT2D eigenvalue weighted by atomic mass is 10.1. The van der Waals surface area contributed by atoms with E-state index in [2.05, 4.69) is 46.2 Å². The van der Waals surface area contributed by atoms with Crippen LogP contribution in [0.15, 0.2) is 18.5 Å². The van der Waals surface area contributed by atoms with Crippen molar-refractivity contribution in [3.8, 4) is 0 Å². The molecule has 1 aliphatic heterocycles. The average molecular weight is 312 g/mol. The smallest absolute Gasteiger partial charge is 0.137 e. The third-order valence-electron chi connectivity index (χ3n) is 4.98. The number of aromatic nitrogens is 2. The van der Waals surface area contributed by atoms with E-state index in [0.29, 0.717) is 0 Å². The zero-order valence-corrected chi connectivity index (χ0v) is 13.9. The Kier molecular flexibility index (Phi) is 3.91. The first-order chi connectivity index (χ1) is 11.2. The Morgan fingerprint density at radius 3 is 2.87 bits per heavy atom. The molecule has 1 aromatic heterocycles. The topological polar surface area (TPSA) is 50.3 Å². The molecule has 2 aromatic rings. The highest BCUT2D eigenvalue weighted by Gasteiger charge is 2.32. The molecule has 0 spiro atoms. The van der Waals surface area contributed by atoms with Crippen molar-refractivity contribution in [2.24, 2.45) is 0 Å². The van der Waals surface area contributed by atoms with Crippen molar-refractivity contribution in [1.82, 2.24) is 14.9 Å². The molecule has 0 amide bonds. The molecular formula is C18H24N4O. The summed E-state index contributed by atoms with van der Waals surface area (Å²) in [5.74, 6) is 0.908. The zero-order valence-electron chi connectivity index (χ0n) is 13.9. The molecule has 23 heavy (non-hydrogen) atoms. The van der Waals surface area contributed by atoms with Crippen LogP contribution in [0, 0.1) is 13.8 Å². The second-order valence-electron chi connectivity index (χ2n) is 6.78. The number of nitrogens with zero attached hydrogens (tertiary/aromatic N) is 3. The number of rotatable bonds is 4. The minimum Gasteiger partial charge on any atom is -0.374 e. The molecule has 2 fully saturated rings. The molecule has 1 saturated carbocycles. The van der Waals surface area contributed by atoms with Crippen LogP contribution in [0.4, 0.5) is 5.82 Å². The van der Waals surface area contributed by atoms with Gasteiger partial charge in [-0.1, -0.05) is 0 Å². The van der Waals surface area contributed by atoms with Crippen molar-refractivity contribution in [2.75, 3.05) is 31.6 Å². The molecule has 2 heterocycles. The van der Waals surface area contributed by atoms with E-state index in [4.69, 9.17) is 4.74 Å². The van der Waals surface area contributed by atoms with E-state index >= 15 is 0 Å². The van der Waals surface area contributed by atoms with Gasteiger partial charge in [-0.15, -0.1) is 0 Å². The standard InChI is InChI=1S/C18H24N4O/c1-12-7-16-17(8-13(12)2)20-11-21-18(16)19-9-15-10-22(5-6-23-15)14-3-4-14/h7-8,11,14-15H,3-6,9-10H2,1-2H3,(H,19,20,21). The summed E-state index contributed by atoms with van der Waals surface area (Å²) in [5.41, 5.74) is 3.52. The molecule has 1 unspecified atom stereocenters. The van der Waals surface area contributed by atoms with Gasteiger partial charge in [-0.05, 0) is 49.9 Å². The number of fused-ring (bicyclic) bond motifs is 1. The number of ether oxygens (including phenoxy) is 1. The summed E-state index contributed by atoms with van der Waals surface area (Å²) >= 11 is 0. The van der Waals surface area contributed by atoms with Gasteiger partial charge in [0.2, 0.25) is 0 Å². The largest absolute Gasteiger partial charge is 0.374 e. The molecule has 5 nitrogen and oxygen atoms in total. The molecule has 122 valence electrons. The summed E-state index contributed by atoms with van der Waals surface area (Å²) in [4.78, 5) is 11.4. The van der Waals surface area contributed by atoms with E-state index in [9.17, 15) is 0 Å². The molecule has 1 aliphatic carbocycles. The molecule has 5 heteroatoms. The number of anilines is 1. The first-order valence-corrected chi connectivity index (χ1v) is 8.52. The van der Waals surface area contributed by atoms with Gasteiger partial charge >= 0.3 is 0 Å². The van der Waals surface area contributed by atoms with Gasteiger partial charge in [-0.3, -0.25) is 4.90 Å². The van der Waals surface area contributed by atoms with Crippen LogP contribution < -0.4 is 5.32 Å². The van der Waals surface area contributed by atoms with Crippen LogP contribution in [0.1, 0.15) is 24.0 Å². The Bertz CT molecular complexity index is 713. The Morgan fingerprint density at radius 2 is 2.04 bits per heavy atom. The van der Waals surface area contributed by atoms with E-state index in [1.54, 1.807) is 6.33 Å². The molecule has 0 radical (unpaired) electrons. The fraction of sp³-hybridized carbons (Fsp3) is 0.556. The maximum atomic E-state index is 5.92. The third kappa shape index (κ3) is 3.16. The number of hydrogen-bond donors (Lipinski definition) is 1. The Morgan fingerprint density at radius 1 is 1.22 bits per heavy atom. The maximum absolute atomic E-state index is 5.92. The van der Waals surface area contributed by atoms with Crippen molar-refractivity contribution >= 4 is 16.7 Å². The van der Waals surface area contributed by atoms with Crippen molar-refractivity contribution in [3.63, 3.8) is 0 Å². The molecule has 1 saturated heterocycles. The van der Waals surface area contributed by atoms with Gasteiger partial charge in [-0.2, -0.15) is 0 Å². The summed E-state index contributed by atoms with van der Waals surface area (Å²) < 4.78 is 5.92. The van der Waals surface area contributed by atoms with Crippen LogP contribution in [0.25, 0.3) is 10.9 Å². The minimum atomic E-state index is 0.237. The Hall–Kier alpha value is -1.72. The third-order valence-corrected chi connectivity index (χ3v) is 4.98. The van der Waals surface area contributed by atoms with E-state index in [-0.39, 0.29) is 6.10 Å². The molecule has 4 rings (SSSR count). The van der Waals surface area contributed by atoms with E-state index < -0.39 is 0 Å². The van der Waals surface area contributed by atoms with Gasteiger partial charge in [-0.25, -0.2) is 9.97 Å². The van der Waals surface area contributed by atoms with E-state index in [1.165, 1.54) is 24.0 Å². The van der Waals surface area contributed by atoms with Gasteiger partial charge in [0.1, 0.15) is 12.1 Å². The second-order valence-corrected chi connectivity index (χ2v) is 6.78. The average Bonchev–Trinajstić information content (AvgIpc) is 3.39. The lowest BCUT2D eigenvalue weighted by Gasteiger charge is -2.33. The van der Waals surface area contributed by atoms with Crippen LogP contribution in [0.3, 0.4) is 0 Å². The SMILES string of the molecule is Cc1cc2ncnc(NCC3CN(C4CC4)CCO3)c2cc1C. The predicted molar refractivity (Wildman–Crippen MR) is 91.8 cm³/mol. The number of nitrogens with one attached hydrogen (secondary N) is 1. The van der Waals surface area contributed by atoms with Crippen molar-refractivity contribution in [1.29, 1.82) is 0 Å². The molecule has 1 N–H and O–H groups in total. The van der Waals surface area contributed by atoms with Gasteiger partial charge < -0.3 is 10.1 Å². The molecule has 0 bridgehead atoms. The van der Waals surface area contributed by atoms with Gasteiger partial charge in [0, 0.05) is 31.1 Å². The van der Waals surface area contributed by atoms with Crippen LogP contribution in [0.2, 0.25) is 0 Å². The van der Waals surface area contributed by atoms with E-state index in [1.807, 2.05) is 0 Å². The quantitative estimate of drug-likeness (QED) is 0.940. The fourth-order valence-electron chi connectivity index (χ4n) is 3.30. The fourth-order valence-corrected chi connectivity index (χ4v) is 3.30. The zero-order chi connectivity index (χ0) is 15.8. The molecule has 2 aliphatic rings. The van der Waals surface area contributed by atoms with Crippen LogP contribution in [0.5, 0.6) is 0 Å². The van der Waals surface area contributed by atoms with Crippen molar-refractivity contribution in [3.05, 3.63) is 29.6 Å². The first kappa shape index (κ1) is 14.8. The highest BCUT2D eigenvalue weighted by atomic mass is 16.5. The Balaban J connectivity index is 1.48. The number of aryl methyl sites for hydroxylation is 2. The Labute approximate surface area is 137 Å². The summed E-state index contributed by atoms with van der Waals surface area (Å²) in [6, 6.07) is 5.11. The monoisotopic (exact) mass is 312 g/mol. The van der Waals surface area contributed by atoms with Gasteiger partial charge in [0.15, 0.2) is 0 Å². The summed E-state index contributed by atoms with van der Waals surface area (Å²) in [5, 5.41) is 4.57. The number of hydrogen-bond acceptors (Lipinski definition) is 5. The van der Waals surface area contributed by atoms with E-state index in [0.717, 1.165) is 49.0 Å². The number of morpholine rings is 1. The summed E-state index contributed by atoms with van der Waals surface area (Å²) in [6.45, 7) is 7.98. The normalized spacial score (nSPS) is 22.4. The van der Waals surface area contributed by atoms with Crippen LogP contribution in [-0.4, -0.2) is 53.3 Å². The lowest BCUT2D eigenvalue weighted by molar-refractivity contribution is -0.0241. The number of benzene rings is 1. The highest BCUT2D eigenvalue weighted by Crippen LogP contribution is 2.28. The minimum absolute atomic E-state index is 0.237. The van der Waals surface area contributed by atoms with Crippen molar-refractivity contribution in [2.45, 2.75) is 38.8 Å². The van der Waals surface area contributed by atoms with Gasteiger partial charge in [0.05, 0.1) is 18.2 Å². The van der Waals surface area contributed by atoms with Crippen LogP contribution in [-0.2, 0) is 4.74 Å². The highest BCUT2D eigenvalue weighted by molar-refractivity contribution is 5.89. The summed E-state index contributed by atoms with van der Waals surface area (Å²) in [7, 11) is 0. The van der Waals surface area contributed by atoms with Crippen molar-refractivity contribution < 1.29 is 4.74 Å². The molecule has 1 aromatic carbocycles. The van der Waals surface area contributed by atoms with Crippen LogP contribution >= 0.6 is 0 Å². The summed E-state index contributed by atoms with van der Waals surface area (Å²) in [6.07, 6.45) is 4.59. The molecule has 1 atom stereocenters. The predicted octanol–water partition coefficient (Wildman–Crippen LogP) is 2.52. The van der Waals surface area contributed by atoms with Gasteiger partial charge in [0.25, 0.3) is 0 Å². The molecular weight excluding hydrogens is 288 g/mol.